The van der Waals surface area contributed by atoms with Crippen molar-refractivity contribution in [1.82, 2.24) is 0 Å². The Morgan fingerprint density at radius 2 is 1.63 bits per heavy atom. The van der Waals surface area contributed by atoms with E-state index in [4.69, 9.17) is 11.6 Å². The summed E-state index contributed by atoms with van der Waals surface area (Å²) in [7, 11) is 0. The molecule has 0 bridgehead atoms. The molecule has 0 amide bonds. The van der Waals surface area contributed by atoms with E-state index >= 15 is 0 Å². The summed E-state index contributed by atoms with van der Waals surface area (Å²) in [6.45, 7) is 6.94. The fraction of sp³-hybridized carbons (Fsp3) is 0.250. The second-order valence-electron chi connectivity index (χ2n) is 4.87. The Morgan fingerprint density at radius 3 is 2.32 bits per heavy atom. The summed E-state index contributed by atoms with van der Waals surface area (Å²) >= 11 is 5.83. The third-order valence-electron chi connectivity index (χ3n) is 3.30. The Hall–Kier alpha value is -1.54. The third kappa shape index (κ3) is 3.48. The van der Waals surface area contributed by atoms with Crippen molar-refractivity contribution in [3.8, 4) is 0 Å². The molecule has 0 spiro atoms. The van der Waals surface area contributed by atoms with Gasteiger partial charge in [0.2, 0.25) is 0 Å². The lowest BCUT2D eigenvalue weighted by Gasteiger charge is -2.12. The minimum atomic E-state index is -0.327. The molecular weight excluding hydrogens is 261 g/mol. The lowest BCUT2D eigenvalue weighted by molar-refractivity contribution is 0.628. The van der Waals surface area contributed by atoms with Crippen LogP contribution in [0.5, 0.6) is 0 Å². The van der Waals surface area contributed by atoms with Crippen LogP contribution in [0, 0.1) is 26.6 Å². The summed E-state index contributed by atoms with van der Waals surface area (Å²) in [6, 6.07) is 8.81. The van der Waals surface area contributed by atoms with Crippen molar-refractivity contribution >= 4 is 17.3 Å². The number of rotatable bonds is 3. The van der Waals surface area contributed by atoms with Gasteiger partial charge >= 0.3 is 0 Å². The first-order chi connectivity index (χ1) is 8.95. The molecule has 0 fully saturated rings. The van der Waals surface area contributed by atoms with Gasteiger partial charge < -0.3 is 5.32 Å². The smallest absolute Gasteiger partial charge is 0.126 e. The lowest BCUT2D eigenvalue weighted by Crippen LogP contribution is -2.03. The third-order valence-corrected chi connectivity index (χ3v) is 3.52. The zero-order chi connectivity index (χ0) is 14.0. The van der Waals surface area contributed by atoms with Crippen molar-refractivity contribution in [3.63, 3.8) is 0 Å². The van der Waals surface area contributed by atoms with Crippen LogP contribution in [0.3, 0.4) is 0 Å². The van der Waals surface area contributed by atoms with E-state index in [0.29, 0.717) is 17.3 Å². The molecule has 0 aliphatic heterocycles. The second-order valence-corrected chi connectivity index (χ2v) is 5.31. The molecule has 0 heterocycles. The molecule has 1 N–H and O–H groups in total. The minimum Gasteiger partial charge on any atom is -0.381 e. The van der Waals surface area contributed by atoms with Gasteiger partial charge in [-0.1, -0.05) is 23.7 Å². The average molecular weight is 278 g/mol. The highest BCUT2D eigenvalue weighted by molar-refractivity contribution is 6.30. The van der Waals surface area contributed by atoms with Gasteiger partial charge in [-0.2, -0.15) is 0 Å². The molecule has 0 atom stereocenters. The predicted molar refractivity (Wildman–Crippen MR) is 79.4 cm³/mol. The topological polar surface area (TPSA) is 12.0 Å². The Labute approximate surface area is 118 Å². The van der Waals surface area contributed by atoms with Crippen LogP contribution in [-0.2, 0) is 6.54 Å². The fourth-order valence-electron chi connectivity index (χ4n) is 2.06. The van der Waals surface area contributed by atoms with Gasteiger partial charge in [-0.25, -0.2) is 4.39 Å². The van der Waals surface area contributed by atoms with Crippen LogP contribution >= 0.6 is 11.6 Å². The Bertz CT molecular complexity index is 588. The van der Waals surface area contributed by atoms with Gasteiger partial charge in [0.15, 0.2) is 0 Å². The maximum absolute atomic E-state index is 13.2. The molecule has 0 saturated carbocycles. The Balaban J connectivity index is 2.16. The molecule has 0 aliphatic rings. The fourth-order valence-corrected chi connectivity index (χ4v) is 2.29. The predicted octanol–water partition coefficient (Wildman–Crippen LogP) is 5.02. The van der Waals surface area contributed by atoms with E-state index in [1.54, 1.807) is 6.07 Å². The van der Waals surface area contributed by atoms with Crippen molar-refractivity contribution < 1.29 is 4.39 Å². The van der Waals surface area contributed by atoms with Crippen LogP contribution in [0.25, 0.3) is 0 Å². The van der Waals surface area contributed by atoms with E-state index in [1.165, 1.54) is 34.4 Å². The van der Waals surface area contributed by atoms with Gasteiger partial charge in [-0.3, -0.25) is 0 Å². The molecule has 0 aromatic heterocycles. The summed E-state index contributed by atoms with van der Waals surface area (Å²) in [5.41, 5.74) is 5.69. The molecule has 2 aromatic rings. The summed E-state index contributed by atoms with van der Waals surface area (Å²) in [5, 5.41) is 3.61. The molecule has 19 heavy (non-hydrogen) atoms. The summed E-state index contributed by atoms with van der Waals surface area (Å²) in [5.74, 6) is -0.327. The van der Waals surface area contributed by atoms with Crippen LogP contribution < -0.4 is 5.32 Å². The lowest BCUT2D eigenvalue weighted by atomic mass is 10.0. The molecule has 0 aliphatic carbocycles. The number of nitrogens with one attached hydrogen (secondary N) is 1. The zero-order valence-corrected chi connectivity index (χ0v) is 12.1. The largest absolute Gasteiger partial charge is 0.381 e. The molecule has 0 radical (unpaired) electrons. The maximum Gasteiger partial charge on any atom is 0.126 e. The first kappa shape index (κ1) is 13.9. The van der Waals surface area contributed by atoms with E-state index in [0.717, 1.165) is 0 Å². The van der Waals surface area contributed by atoms with Gasteiger partial charge in [-0.15, -0.1) is 0 Å². The normalized spacial score (nSPS) is 10.6. The van der Waals surface area contributed by atoms with Crippen molar-refractivity contribution in [3.05, 3.63) is 63.4 Å². The first-order valence-electron chi connectivity index (χ1n) is 6.22. The molecule has 3 heteroatoms. The molecule has 1 nitrogen and oxygen atoms in total. The van der Waals surface area contributed by atoms with Crippen molar-refractivity contribution in [1.29, 1.82) is 0 Å². The number of anilines is 1. The molecule has 0 unspecified atom stereocenters. The maximum atomic E-state index is 13.2. The van der Waals surface area contributed by atoms with E-state index < -0.39 is 0 Å². The molecule has 0 saturated heterocycles. The van der Waals surface area contributed by atoms with Gasteiger partial charge in [0.1, 0.15) is 5.82 Å². The molecule has 2 aromatic carbocycles. The number of halogens is 2. The van der Waals surface area contributed by atoms with Gasteiger partial charge in [0.25, 0.3) is 0 Å². The van der Waals surface area contributed by atoms with Crippen LogP contribution in [-0.4, -0.2) is 0 Å². The number of aryl methyl sites for hydroxylation is 3. The molecular formula is C16H17ClFN. The van der Waals surface area contributed by atoms with Crippen LogP contribution in [0.1, 0.15) is 22.3 Å². The Morgan fingerprint density at radius 1 is 0.947 bits per heavy atom. The second kappa shape index (κ2) is 5.62. The van der Waals surface area contributed by atoms with E-state index in [-0.39, 0.29) is 5.82 Å². The van der Waals surface area contributed by atoms with Gasteiger partial charge in [0.05, 0.1) is 0 Å². The number of hydrogen-bond acceptors (Lipinski definition) is 1. The van der Waals surface area contributed by atoms with Crippen LogP contribution in [0.4, 0.5) is 10.1 Å². The quantitative estimate of drug-likeness (QED) is 0.831. The highest BCUT2D eigenvalue weighted by Crippen LogP contribution is 2.20. The van der Waals surface area contributed by atoms with E-state index in [2.05, 4.69) is 38.2 Å². The van der Waals surface area contributed by atoms with Crippen LogP contribution in [0.2, 0.25) is 5.02 Å². The molecule has 2 rings (SSSR count). The van der Waals surface area contributed by atoms with Crippen molar-refractivity contribution in [2.45, 2.75) is 27.3 Å². The van der Waals surface area contributed by atoms with E-state index in [1.807, 2.05) is 0 Å². The standard InChI is InChI=1S/C16H17ClFN/c1-10-4-12(3)13(5-11(10)2)9-19-16-7-14(17)6-15(18)8-16/h4-8,19H,9H2,1-3H3. The number of benzene rings is 2. The van der Waals surface area contributed by atoms with Crippen LogP contribution in [0.15, 0.2) is 30.3 Å². The Kier molecular flexibility index (Phi) is 4.11. The first-order valence-corrected chi connectivity index (χ1v) is 6.60. The SMILES string of the molecule is Cc1cc(C)c(CNc2cc(F)cc(Cl)c2)cc1C. The highest BCUT2D eigenvalue weighted by Gasteiger charge is 2.03. The van der Waals surface area contributed by atoms with Gasteiger partial charge in [-0.05, 0) is 61.2 Å². The minimum absolute atomic E-state index is 0.327. The van der Waals surface area contributed by atoms with Crippen molar-refractivity contribution in [2.24, 2.45) is 0 Å². The highest BCUT2D eigenvalue weighted by atomic mass is 35.5. The summed E-state index contributed by atoms with van der Waals surface area (Å²) in [4.78, 5) is 0. The number of hydrogen-bond donors (Lipinski definition) is 1. The average Bonchev–Trinajstić information content (AvgIpc) is 2.31. The van der Waals surface area contributed by atoms with Gasteiger partial charge in [0, 0.05) is 17.3 Å². The monoisotopic (exact) mass is 277 g/mol. The van der Waals surface area contributed by atoms with Crippen molar-refractivity contribution in [2.75, 3.05) is 5.32 Å². The summed E-state index contributed by atoms with van der Waals surface area (Å²) < 4.78 is 13.2. The van der Waals surface area contributed by atoms with E-state index in [9.17, 15) is 4.39 Å². The zero-order valence-electron chi connectivity index (χ0n) is 11.3. The summed E-state index contributed by atoms with van der Waals surface area (Å²) in [6.07, 6.45) is 0. The molecule has 100 valence electrons.